The largest absolute Gasteiger partial charge is 0.273 e. The van der Waals surface area contributed by atoms with Crippen LogP contribution in [0.4, 0.5) is 4.39 Å². The number of amides is 1. The van der Waals surface area contributed by atoms with Gasteiger partial charge in [0.15, 0.2) is 0 Å². The third kappa shape index (κ3) is 4.01. The van der Waals surface area contributed by atoms with E-state index in [1.165, 1.54) is 36.4 Å². The number of rotatable bonds is 4. The maximum absolute atomic E-state index is 12.7. The van der Waals surface area contributed by atoms with Crippen LogP contribution in [0.3, 0.4) is 0 Å². The Kier molecular flexibility index (Phi) is 4.56. The molecule has 0 aliphatic heterocycles. The Balaban J connectivity index is 2.06. The molecule has 0 aromatic heterocycles. The summed E-state index contributed by atoms with van der Waals surface area (Å²) < 4.78 is 36.5. The topological polar surface area (TPSA) is 75.3 Å². The fourth-order valence-electron chi connectivity index (χ4n) is 1.46. The van der Waals surface area contributed by atoms with Gasteiger partial charge in [-0.1, -0.05) is 11.6 Å². The molecule has 0 saturated heterocycles. The number of sulfonamides is 1. The first-order valence-corrected chi connectivity index (χ1v) is 7.58. The van der Waals surface area contributed by atoms with Gasteiger partial charge in [-0.25, -0.2) is 12.8 Å². The van der Waals surface area contributed by atoms with Gasteiger partial charge in [-0.2, -0.15) is 0 Å². The molecule has 5 nitrogen and oxygen atoms in total. The Morgan fingerprint density at radius 3 is 2.14 bits per heavy atom. The lowest BCUT2D eigenvalue weighted by atomic mass is 10.2. The van der Waals surface area contributed by atoms with Crippen LogP contribution >= 0.6 is 11.6 Å². The quantitative estimate of drug-likeness (QED) is 0.844. The van der Waals surface area contributed by atoms with Crippen molar-refractivity contribution in [1.82, 2.24) is 10.3 Å². The van der Waals surface area contributed by atoms with Crippen LogP contribution < -0.4 is 10.3 Å². The van der Waals surface area contributed by atoms with E-state index in [1.807, 2.05) is 10.3 Å². The van der Waals surface area contributed by atoms with Gasteiger partial charge in [-0.05, 0) is 48.5 Å². The lowest BCUT2D eigenvalue weighted by Crippen LogP contribution is -2.41. The zero-order valence-corrected chi connectivity index (χ0v) is 12.1. The van der Waals surface area contributed by atoms with Crippen LogP contribution in [0, 0.1) is 5.82 Å². The highest BCUT2D eigenvalue weighted by molar-refractivity contribution is 7.89. The van der Waals surface area contributed by atoms with Crippen molar-refractivity contribution >= 4 is 27.5 Å². The second-order valence-electron chi connectivity index (χ2n) is 4.02. The van der Waals surface area contributed by atoms with Crippen molar-refractivity contribution in [3.05, 3.63) is 64.9 Å². The van der Waals surface area contributed by atoms with E-state index in [0.29, 0.717) is 5.02 Å². The van der Waals surface area contributed by atoms with Gasteiger partial charge in [0.25, 0.3) is 15.9 Å². The van der Waals surface area contributed by atoms with Crippen molar-refractivity contribution in [1.29, 1.82) is 0 Å². The number of carbonyl (C=O) groups excluding carboxylic acids is 1. The molecule has 0 atom stereocenters. The summed E-state index contributed by atoms with van der Waals surface area (Å²) in [6, 6.07) is 10.1. The summed E-state index contributed by atoms with van der Waals surface area (Å²) in [6.07, 6.45) is 0. The van der Waals surface area contributed by atoms with Crippen molar-refractivity contribution in [2.45, 2.75) is 4.90 Å². The van der Waals surface area contributed by atoms with E-state index in [1.54, 1.807) is 0 Å². The number of benzene rings is 2. The van der Waals surface area contributed by atoms with E-state index in [4.69, 9.17) is 11.6 Å². The molecule has 0 unspecified atom stereocenters. The monoisotopic (exact) mass is 328 g/mol. The van der Waals surface area contributed by atoms with Crippen molar-refractivity contribution in [3.63, 3.8) is 0 Å². The van der Waals surface area contributed by atoms with Crippen LogP contribution in [-0.4, -0.2) is 14.3 Å². The van der Waals surface area contributed by atoms with E-state index in [-0.39, 0.29) is 10.5 Å². The molecule has 0 radical (unpaired) electrons. The second-order valence-corrected chi connectivity index (χ2v) is 6.14. The Labute approximate surface area is 125 Å². The van der Waals surface area contributed by atoms with E-state index in [2.05, 4.69) is 0 Å². The Bertz CT molecular complexity index is 746. The molecule has 0 fully saturated rings. The summed E-state index contributed by atoms with van der Waals surface area (Å²) in [7, 11) is -3.90. The van der Waals surface area contributed by atoms with Crippen molar-refractivity contribution in [2.75, 3.05) is 0 Å². The second kappa shape index (κ2) is 6.21. The van der Waals surface area contributed by atoms with Gasteiger partial charge in [-0.15, -0.1) is 4.83 Å². The zero-order chi connectivity index (χ0) is 15.5. The first-order chi connectivity index (χ1) is 9.88. The first kappa shape index (κ1) is 15.4. The normalized spacial score (nSPS) is 11.1. The Hall–Kier alpha value is -1.96. The summed E-state index contributed by atoms with van der Waals surface area (Å²) in [6.45, 7) is 0. The zero-order valence-electron chi connectivity index (χ0n) is 10.5. The van der Waals surface area contributed by atoms with Crippen molar-refractivity contribution in [2.24, 2.45) is 0 Å². The van der Waals surface area contributed by atoms with Crippen LogP contribution in [0.2, 0.25) is 5.02 Å². The molecular formula is C13H10ClFN2O3S. The minimum absolute atomic E-state index is 0.0497. The fraction of sp³-hybridized carbons (Fsp3) is 0. The van der Waals surface area contributed by atoms with E-state index >= 15 is 0 Å². The average molecular weight is 329 g/mol. The van der Waals surface area contributed by atoms with Gasteiger partial charge < -0.3 is 0 Å². The first-order valence-electron chi connectivity index (χ1n) is 5.72. The Morgan fingerprint density at radius 2 is 1.57 bits per heavy atom. The smallest absolute Gasteiger partial charge is 0.266 e. The van der Waals surface area contributed by atoms with Crippen LogP contribution in [0.1, 0.15) is 10.4 Å². The molecule has 110 valence electrons. The summed E-state index contributed by atoms with van der Waals surface area (Å²) in [5.41, 5.74) is 2.16. The molecule has 0 heterocycles. The predicted molar refractivity (Wildman–Crippen MR) is 75.6 cm³/mol. The van der Waals surface area contributed by atoms with Crippen molar-refractivity contribution < 1.29 is 17.6 Å². The molecule has 2 aromatic rings. The highest BCUT2D eigenvalue weighted by Gasteiger charge is 2.15. The van der Waals surface area contributed by atoms with Crippen LogP contribution in [0.25, 0.3) is 0 Å². The average Bonchev–Trinajstić information content (AvgIpc) is 2.46. The fourth-order valence-corrected chi connectivity index (χ4v) is 2.42. The molecule has 2 aromatic carbocycles. The van der Waals surface area contributed by atoms with Gasteiger partial charge in [-0.3, -0.25) is 10.2 Å². The van der Waals surface area contributed by atoms with Crippen LogP contribution in [0.15, 0.2) is 53.4 Å². The van der Waals surface area contributed by atoms with Crippen molar-refractivity contribution in [3.8, 4) is 0 Å². The molecular weight excluding hydrogens is 319 g/mol. The van der Waals surface area contributed by atoms with Crippen LogP contribution in [0.5, 0.6) is 0 Å². The van der Waals surface area contributed by atoms with E-state index in [0.717, 1.165) is 12.1 Å². The molecule has 0 bridgehead atoms. The minimum atomic E-state index is -3.90. The van der Waals surface area contributed by atoms with Crippen LogP contribution in [-0.2, 0) is 10.0 Å². The molecule has 0 aliphatic carbocycles. The number of hydrazine groups is 1. The summed E-state index contributed by atoms with van der Waals surface area (Å²) in [5.74, 6) is -1.19. The van der Waals surface area contributed by atoms with Gasteiger partial charge >= 0.3 is 0 Å². The lowest BCUT2D eigenvalue weighted by Gasteiger charge is -2.08. The molecule has 2 N–H and O–H groups in total. The van der Waals surface area contributed by atoms with E-state index < -0.39 is 21.7 Å². The Morgan fingerprint density at radius 1 is 1.00 bits per heavy atom. The van der Waals surface area contributed by atoms with Gasteiger partial charge in [0.1, 0.15) is 5.82 Å². The molecule has 1 amide bonds. The maximum Gasteiger partial charge on any atom is 0.266 e. The molecule has 21 heavy (non-hydrogen) atoms. The minimum Gasteiger partial charge on any atom is -0.273 e. The molecule has 0 spiro atoms. The predicted octanol–water partition coefficient (Wildman–Crippen LogP) is 2.10. The number of hydrogen-bond acceptors (Lipinski definition) is 3. The summed E-state index contributed by atoms with van der Waals surface area (Å²) in [4.78, 5) is 13.6. The molecule has 0 aliphatic rings. The third-order valence-electron chi connectivity index (χ3n) is 2.53. The number of hydrogen-bond donors (Lipinski definition) is 2. The molecule has 2 rings (SSSR count). The number of nitrogens with one attached hydrogen (secondary N) is 2. The lowest BCUT2D eigenvalue weighted by molar-refractivity contribution is 0.0945. The molecule has 0 saturated carbocycles. The van der Waals surface area contributed by atoms with E-state index in [9.17, 15) is 17.6 Å². The highest BCUT2D eigenvalue weighted by Crippen LogP contribution is 2.13. The highest BCUT2D eigenvalue weighted by atomic mass is 35.5. The molecule has 8 heteroatoms. The number of carbonyl (C=O) groups is 1. The summed E-state index contributed by atoms with van der Waals surface area (Å²) >= 11 is 5.67. The van der Waals surface area contributed by atoms with Gasteiger partial charge in [0.2, 0.25) is 0 Å². The van der Waals surface area contributed by atoms with Gasteiger partial charge in [0, 0.05) is 10.6 Å². The summed E-state index contributed by atoms with van der Waals surface area (Å²) in [5, 5.41) is 0.393. The van der Waals surface area contributed by atoms with Gasteiger partial charge in [0.05, 0.1) is 4.90 Å². The SMILES string of the molecule is O=C(NNS(=O)(=O)c1ccc(Cl)cc1)c1ccc(F)cc1. The maximum atomic E-state index is 12.7. The third-order valence-corrected chi connectivity index (χ3v) is 4.04. The standard InChI is InChI=1S/C13H10ClFN2O3S/c14-10-3-7-12(8-4-10)21(19,20)17-16-13(18)9-1-5-11(15)6-2-9/h1-8,17H,(H,16,18). The number of halogens is 2.